The van der Waals surface area contributed by atoms with Crippen LogP contribution in [0.1, 0.15) is 31.7 Å². The molecule has 2 rings (SSSR count). The SMILES string of the molecule is CCc1ccccc1NCC1CCCCO1. The van der Waals surface area contributed by atoms with Crippen LogP contribution in [0.5, 0.6) is 0 Å². The fourth-order valence-corrected chi connectivity index (χ4v) is 2.19. The molecule has 0 saturated carbocycles. The lowest BCUT2D eigenvalue weighted by atomic mass is 10.1. The van der Waals surface area contributed by atoms with E-state index in [-0.39, 0.29) is 0 Å². The zero-order valence-corrected chi connectivity index (χ0v) is 10.0. The van der Waals surface area contributed by atoms with Gasteiger partial charge in [0.1, 0.15) is 0 Å². The Hall–Kier alpha value is -1.02. The smallest absolute Gasteiger partial charge is 0.0747 e. The molecule has 2 heteroatoms. The van der Waals surface area contributed by atoms with Crippen molar-refractivity contribution in [3.8, 4) is 0 Å². The van der Waals surface area contributed by atoms with Gasteiger partial charge in [0, 0.05) is 18.8 Å². The first-order chi connectivity index (χ1) is 7.90. The maximum absolute atomic E-state index is 5.71. The largest absolute Gasteiger partial charge is 0.382 e. The maximum atomic E-state index is 5.71. The Morgan fingerprint density at radius 2 is 2.19 bits per heavy atom. The Kier molecular flexibility index (Phi) is 4.23. The molecule has 1 saturated heterocycles. The summed E-state index contributed by atoms with van der Waals surface area (Å²) in [6.45, 7) is 4.07. The van der Waals surface area contributed by atoms with Crippen LogP contribution in [0.2, 0.25) is 0 Å². The number of nitrogens with one attached hydrogen (secondary N) is 1. The summed E-state index contributed by atoms with van der Waals surface area (Å²) in [5, 5.41) is 3.51. The van der Waals surface area contributed by atoms with Gasteiger partial charge in [0.25, 0.3) is 0 Å². The lowest BCUT2D eigenvalue weighted by Gasteiger charge is -2.23. The topological polar surface area (TPSA) is 21.3 Å². The van der Waals surface area contributed by atoms with Crippen molar-refractivity contribution in [3.63, 3.8) is 0 Å². The van der Waals surface area contributed by atoms with E-state index in [2.05, 4.69) is 36.5 Å². The molecule has 1 N–H and O–H groups in total. The molecule has 1 aromatic rings. The maximum Gasteiger partial charge on any atom is 0.0747 e. The minimum absolute atomic E-state index is 0.402. The highest BCUT2D eigenvalue weighted by Crippen LogP contribution is 2.17. The number of aryl methyl sites for hydroxylation is 1. The molecule has 1 atom stereocenters. The van der Waals surface area contributed by atoms with Gasteiger partial charge in [-0.1, -0.05) is 25.1 Å². The average Bonchev–Trinajstić information content (AvgIpc) is 2.38. The lowest BCUT2D eigenvalue weighted by Crippen LogP contribution is -2.27. The summed E-state index contributed by atoms with van der Waals surface area (Å²) in [6, 6.07) is 8.52. The monoisotopic (exact) mass is 219 g/mol. The molecule has 1 aliphatic heterocycles. The van der Waals surface area contributed by atoms with Crippen molar-refractivity contribution < 1.29 is 4.74 Å². The van der Waals surface area contributed by atoms with E-state index in [1.165, 1.54) is 30.5 Å². The third-order valence-corrected chi connectivity index (χ3v) is 3.19. The molecule has 1 unspecified atom stereocenters. The number of para-hydroxylation sites is 1. The fourth-order valence-electron chi connectivity index (χ4n) is 2.19. The van der Waals surface area contributed by atoms with Crippen molar-refractivity contribution in [2.75, 3.05) is 18.5 Å². The molecule has 0 bridgehead atoms. The van der Waals surface area contributed by atoms with E-state index in [0.717, 1.165) is 19.6 Å². The van der Waals surface area contributed by atoms with E-state index in [4.69, 9.17) is 4.74 Å². The van der Waals surface area contributed by atoms with Crippen LogP contribution in [0.15, 0.2) is 24.3 Å². The lowest BCUT2D eigenvalue weighted by molar-refractivity contribution is 0.0247. The molecule has 1 fully saturated rings. The van der Waals surface area contributed by atoms with Crippen molar-refractivity contribution in [2.45, 2.75) is 38.7 Å². The predicted molar refractivity (Wildman–Crippen MR) is 67.9 cm³/mol. The molecule has 1 heterocycles. The van der Waals surface area contributed by atoms with Crippen molar-refractivity contribution >= 4 is 5.69 Å². The Morgan fingerprint density at radius 3 is 2.94 bits per heavy atom. The van der Waals surface area contributed by atoms with Gasteiger partial charge in [-0.05, 0) is 37.3 Å². The molecule has 0 radical (unpaired) electrons. The predicted octanol–water partition coefficient (Wildman–Crippen LogP) is 3.23. The number of rotatable bonds is 4. The second-order valence-corrected chi connectivity index (χ2v) is 4.38. The molecular weight excluding hydrogens is 198 g/mol. The first-order valence-electron chi connectivity index (χ1n) is 6.33. The average molecular weight is 219 g/mol. The van der Waals surface area contributed by atoms with Crippen LogP contribution in [-0.2, 0) is 11.2 Å². The first kappa shape index (κ1) is 11.5. The molecule has 1 aromatic carbocycles. The minimum Gasteiger partial charge on any atom is -0.382 e. The summed E-state index contributed by atoms with van der Waals surface area (Å²) in [5.41, 5.74) is 2.65. The molecule has 0 spiro atoms. The van der Waals surface area contributed by atoms with Gasteiger partial charge >= 0.3 is 0 Å². The van der Waals surface area contributed by atoms with Gasteiger partial charge in [0.15, 0.2) is 0 Å². The molecule has 0 aliphatic carbocycles. The van der Waals surface area contributed by atoms with Crippen LogP contribution in [0, 0.1) is 0 Å². The Balaban J connectivity index is 1.88. The Labute approximate surface area is 98.0 Å². The molecule has 16 heavy (non-hydrogen) atoms. The van der Waals surface area contributed by atoms with Gasteiger partial charge < -0.3 is 10.1 Å². The second-order valence-electron chi connectivity index (χ2n) is 4.38. The van der Waals surface area contributed by atoms with Crippen LogP contribution in [-0.4, -0.2) is 19.3 Å². The van der Waals surface area contributed by atoms with Crippen molar-refractivity contribution in [2.24, 2.45) is 0 Å². The highest BCUT2D eigenvalue weighted by atomic mass is 16.5. The van der Waals surface area contributed by atoms with Crippen molar-refractivity contribution in [3.05, 3.63) is 29.8 Å². The first-order valence-corrected chi connectivity index (χ1v) is 6.33. The number of hydrogen-bond donors (Lipinski definition) is 1. The molecule has 0 aromatic heterocycles. The number of benzene rings is 1. The van der Waals surface area contributed by atoms with E-state index in [1.807, 2.05) is 0 Å². The van der Waals surface area contributed by atoms with Crippen molar-refractivity contribution in [1.29, 1.82) is 0 Å². The number of anilines is 1. The summed E-state index contributed by atoms with van der Waals surface area (Å²) < 4.78 is 5.71. The molecule has 1 aliphatic rings. The van der Waals surface area contributed by atoms with Gasteiger partial charge in [-0.15, -0.1) is 0 Å². The Bertz CT molecular complexity index is 318. The summed E-state index contributed by atoms with van der Waals surface area (Å²) in [4.78, 5) is 0. The minimum atomic E-state index is 0.402. The molecule has 2 nitrogen and oxygen atoms in total. The summed E-state index contributed by atoms with van der Waals surface area (Å²) >= 11 is 0. The van der Waals surface area contributed by atoms with E-state index in [9.17, 15) is 0 Å². The van der Waals surface area contributed by atoms with Gasteiger partial charge in [0.05, 0.1) is 6.10 Å². The Morgan fingerprint density at radius 1 is 1.31 bits per heavy atom. The third-order valence-electron chi connectivity index (χ3n) is 3.19. The zero-order valence-electron chi connectivity index (χ0n) is 10.0. The molecule has 88 valence electrons. The van der Waals surface area contributed by atoms with Gasteiger partial charge in [-0.3, -0.25) is 0 Å². The second kappa shape index (κ2) is 5.90. The van der Waals surface area contributed by atoms with Gasteiger partial charge in [0.2, 0.25) is 0 Å². The van der Waals surface area contributed by atoms with E-state index in [1.54, 1.807) is 0 Å². The highest BCUT2D eigenvalue weighted by Gasteiger charge is 2.13. The van der Waals surface area contributed by atoms with Crippen LogP contribution >= 0.6 is 0 Å². The van der Waals surface area contributed by atoms with Crippen LogP contribution in [0.25, 0.3) is 0 Å². The fraction of sp³-hybridized carbons (Fsp3) is 0.571. The summed E-state index contributed by atoms with van der Waals surface area (Å²) in [6.07, 6.45) is 5.21. The molecule has 0 amide bonds. The number of ether oxygens (including phenoxy) is 1. The van der Waals surface area contributed by atoms with E-state index in [0.29, 0.717) is 6.10 Å². The summed E-state index contributed by atoms with van der Waals surface area (Å²) in [7, 11) is 0. The highest BCUT2D eigenvalue weighted by molar-refractivity contribution is 5.51. The summed E-state index contributed by atoms with van der Waals surface area (Å²) in [5.74, 6) is 0. The van der Waals surface area contributed by atoms with Gasteiger partial charge in [-0.25, -0.2) is 0 Å². The van der Waals surface area contributed by atoms with Crippen LogP contribution in [0.3, 0.4) is 0 Å². The van der Waals surface area contributed by atoms with Crippen molar-refractivity contribution in [1.82, 2.24) is 0 Å². The third kappa shape index (κ3) is 2.99. The van der Waals surface area contributed by atoms with Crippen LogP contribution in [0.4, 0.5) is 5.69 Å². The normalized spacial score (nSPS) is 20.7. The quantitative estimate of drug-likeness (QED) is 0.839. The van der Waals surface area contributed by atoms with E-state index < -0.39 is 0 Å². The zero-order chi connectivity index (χ0) is 11.2. The molecular formula is C14H21NO. The number of hydrogen-bond acceptors (Lipinski definition) is 2. The van der Waals surface area contributed by atoms with Gasteiger partial charge in [-0.2, -0.15) is 0 Å². The van der Waals surface area contributed by atoms with Crippen LogP contribution < -0.4 is 5.32 Å². The standard InChI is InChI=1S/C14H21NO/c1-2-12-7-3-4-9-14(12)15-11-13-8-5-6-10-16-13/h3-4,7,9,13,15H,2,5-6,8,10-11H2,1H3. The van der Waals surface area contributed by atoms with E-state index >= 15 is 0 Å².